The Kier molecular flexibility index (Phi) is 5.84. The largest absolute Gasteiger partial charge is 0.485 e. The zero-order valence-corrected chi connectivity index (χ0v) is 16.4. The summed E-state index contributed by atoms with van der Waals surface area (Å²) in [6, 6.07) is 15.5. The van der Waals surface area contributed by atoms with Gasteiger partial charge in [0.25, 0.3) is 5.91 Å². The molecule has 9 heteroatoms. The van der Waals surface area contributed by atoms with Crippen LogP contribution in [0.1, 0.15) is 22.1 Å². The van der Waals surface area contributed by atoms with E-state index in [1.165, 1.54) is 30.5 Å². The standard InChI is InChI=1S/C22H17FN4O4/c1-14-25-20(27-31-14)13-29-18-7-2-15(3-8-18)22(28)26-17-6-11-21(24-12-17)30-19-9-4-16(23)5-10-19/h2-12H,13H2,1H3,(H,26,28). The molecule has 0 radical (unpaired) electrons. The minimum absolute atomic E-state index is 0.168. The molecule has 2 aromatic heterocycles. The minimum Gasteiger partial charge on any atom is -0.485 e. The Morgan fingerprint density at radius 3 is 2.42 bits per heavy atom. The summed E-state index contributed by atoms with van der Waals surface area (Å²) in [4.78, 5) is 20.6. The van der Waals surface area contributed by atoms with Gasteiger partial charge in [0.2, 0.25) is 17.6 Å². The molecule has 1 N–H and O–H groups in total. The predicted octanol–water partition coefficient (Wildman–Crippen LogP) is 4.54. The summed E-state index contributed by atoms with van der Waals surface area (Å²) >= 11 is 0. The lowest BCUT2D eigenvalue weighted by molar-refractivity contribution is 0.102. The monoisotopic (exact) mass is 420 g/mol. The van der Waals surface area contributed by atoms with Gasteiger partial charge in [0.15, 0.2) is 6.61 Å². The second-order valence-electron chi connectivity index (χ2n) is 6.44. The molecule has 0 aliphatic carbocycles. The maximum Gasteiger partial charge on any atom is 0.255 e. The molecular weight excluding hydrogens is 403 g/mol. The zero-order chi connectivity index (χ0) is 21.6. The molecular formula is C22H17FN4O4. The molecule has 0 aliphatic rings. The minimum atomic E-state index is -0.347. The van der Waals surface area contributed by atoms with E-state index in [0.29, 0.717) is 40.3 Å². The maximum absolute atomic E-state index is 12.9. The molecule has 2 heterocycles. The van der Waals surface area contributed by atoms with Crippen LogP contribution < -0.4 is 14.8 Å². The maximum atomic E-state index is 12.9. The Balaban J connectivity index is 1.31. The Bertz CT molecular complexity index is 1160. The summed E-state index contributed by atoms with van der Waals surface area (Å²) in [7, 11) is 0. The van der Waals surface area contributed by atoms with Crippen LogP contribution in [0.25, 0.3) is 0 Å². The number of rotatable bonds is 7. The lowest BCUT2D eigenvalue weighted by Crippen LogP contribution is -2.12. The van der Waals surface area contributed by atoms with Crippen molar-refractivity contribution in [3.63, 3.8) is 0 Å². The molecule has 0 fully saturated rings. The van der Waals surface area contributed by atoms with E-state index >= 15 is 0 Å². The van der Waals surface area contributed by atoms with Crippen molar-refractivity contribution >= 4 is 11.6 Å². The number of amides is 1. The number of benzene rings is 2. The predicted molar refractivity (Wildman–Crippen MR) is 108 cm³/mol. The lowest BCUT2D eigenvalue weighted by atomic mass is 10.2. The molecule has 8 nitrogen and oxygen atoms in total. The van der Waals surface area contributed by atoms with E-state index in [0.717, 1.165) is 0 Å². The van der Waals surface area contributed by atoms with Crippen molar-refractivity contribution in [1.82, 2.24) is 15.1 Å². The molecule has 0 aliphatic heterocycles. The second kappa shape index (κ2) is 9.04. The van der Waals surface area contributed by atoms with E-state index in [-0.39, 0.29) is 18.3 Å². The van der Waals surface area contributed by atoms with E-state index in [9.17, 15) is 9.18 Å². The van der Waals surface area contributed by atoms with E-state index in [1.807, 2.05) is 0 Å². The normalized spacial score (nSPS) is 10.5. The Morgan fingerprint density at radius 2 is 1.77 bits per heavy atom. The van der Waals surface area contributed by atoms with Gasteiger partial charge < -0.3 is 19.3 Å². The van der Waals surface area contributed by atoms with Crippen LogP contribution in [0, 0.1) is 12.7 Å². The smallest absolute Gasteiger partial charge is 0.255 e. The van der Waals surface area contributed by atoms with Gasteiger partial charge in [-0.2, -0.15) is 4.98 Å². The van der Waals surface area contributed by atoms with Crippen molar-refractivity contribution in [2.75, 3.05) is 5.32 Å². The van der Waals surface area contributed by atoms with Crippen LogP contribution in [0.4, 0.5) is 10.1 Å². The van der Waals surface area contributed by atoms with Crippen molar-refractivity contribution < 1.29 is 23.2 Å². The number of nitrogens with one attached hydrogen (secondary N) is 1. The Labute approximate surface area is 176 Å². The summed E-state index contributed by atoms with van der Waals surface area (Å²) < 4.78 is 28.9. The number of halogens is 1. The average Bonchev–Trinajstić information content (AvgIpc) is 3.21. The fourth-order valence-electron chi connectivity index (χ4n) is 2.59. The summed E-state index contributed by atoms with van der Waals surface area (Å²) in [5.41, 5.74) is 0.957. The van der Waals surface area contributed by atoms with Gasteiger partial charge in [-0.15, -0.1) is 0 Å². The van der Waals surface area contributed by atoms with Gasteiger partial charge in [-0.3, -0.25) is 4.79 Å². The highest BCUT2D eigenvalue weighted by Gasteiger charge is 2.08. The van der Waals surface area contributed by atoms with Gasteiger partial charge in [0.05, 0.1) is 11.9 Å². The first-order valence-corrected chi connectivity index (χ1v) is 9.28. The van der Waals surface area contributed by atoms with Gasteiger partial charge >= 0.3 is 0 Å². The lowest BCUT2D eigenvalue weighted by Gasteiger charge is -2.08. The number of carbonyl (C=O) groups is 1. The molecule has 0 saturated carbocycles. The molecule has 0 saturated heterocycles. The molecule has 0 bridgehead atoms. The number of hydrogen-bond donors (Lipinski definition) is 1. The first kappa shape index (κ1) is 20.0. The van der Waals surface area contributed by atoms with E-state index in [1.54, 1.807) is 43.3 Å². The summed E-state index contributed by atoms with van der Waals surface area (Å²) in [6.07, 6.45) is 1.47. The third kappa shape index (κ3) is 5.41. The Morgan fingerprint density at radius 1 is 1.03 bits per heavy atom. The third-order valence-corrected chi connectivity index (χ3v) is 4.08. The molecule has 4 aromatic rings. The van der Waals surface area contributed by atoms with Gasteiger partial charge in [-0.1, -0.05) is 5.16 Å². The number of pyridine rings is 1. The van der Waals surface area contributed by atoms with Crippen LogP contribution in [-0.2, 0) is 6.61 Å². The number of aryl methyl sites for hydroxylation is 1. The van der Waals surface area contributed by atoms with Crippen molar-refractivity contribution in [1.29, 1.82) is 0 Å². The van der Waals surface area contributed by atoms with Crippen molar-refractivity contribution in [3.05, 3.63) is 90.0 Å². The SMILES string of the molecule is Cc1nc(COc2ccc(C(=O)Nc3ccc(Oc4ccc(F)cc4)nc3)cc2)no1. The molecule has 2 aromatic carbocycles. The molecule has 0 unspecified atom stereocenters. The molecule has 1 amide bonds. The van der Waals surface area contributed by atoms with E-state index in [2.05, 4.69) is 20.4 Å². The second-order valence-corrected chi connectivity index (χ2v) is 6.44. The number of ether oxygens (including phenoxy) is 2. The molecule has 0 spiro atoms. The highest BCUT2D eigenvalue weighted by atomic mass is 19.1. The van der Waals surface area contributed by atoms with E-state index < -0.39 is 0 Å². The number of carbonyl (C=O) groups excluding carboxylic acids is 1. The fourth-order valence-corrected chi connectivity index (χ4v) is 2.59. The van der Waals surface area contributed by atoms with Gasteiger partial charge in [-0.05, 0) is 54.6 Å². The average molecular weight is 420 g/mol. The van der Waals surface area contributed by atoms with Gasteiger partial charge in [-0.25, -0.2) is 9.37 Å². The van der Waals surface area contributed by atoms with Crippen LogP contribution in [0.2, 0.25) is 0 Å². The summed E-state index contributed by atoms with van der Waals surface area (Å²) in [5, 5.41) is 6.51. The number of anilines is 1. The summed E-state index contributed by atoms with van der Waals surface area (Å²) in [5.74, 6) is 1.62. The van der Waals surface area contributed by atoms with E-state index in [4.69, 9.17) is 14.0 Å². The topological polar surface area (TPSA) is 99.4 Å². The molecule has 31 heavy (non-hydrogen) atoms. The van der Waals surface area contributed by atoms with Crippen molar-refractivity contribution in [2.45, 2.75) is 13.5 Å². The first-order valence-electron chi connectivity index (χ1n) is 9.28. The highest BCUT2D eigenvalue weighted by molar-refractivity contribution is 6.04. The fraction of sp³-hybridized carbons (Fsp3) is 0.0909. The van der Waals surface area contributed by atoms with Gasteiger partial charge in [0.1, 0.15) is 17.3 Å². The molecule has 4 rings (SSSR count). The van der Waals surface area contributed by atoms with Crippen LogP contribution in [0.15, 0.2) is 71.4 Å². The van der Waals surface area contributed by atoms with Crippen LogP contribution >= 0.6 is 0 Å². The summed E-state index contributed by atoms with van der Waals surface area (Å²) in [6.45, 7) is 1.87. The Hall–Kier alpha value is -4.27. The number of nitrogens with zero attached hydrogens (tertiary/aromatic N) is 3. The molecule has 156 valence electrons. The van der Waals surface area contributed by atoms with Crippen LogP contribution in [0.5, 0.6) is 17.4 Å². The first-order chi connectivity index (χ1) is 15.0. The number of aromatic nitrogens is 3. The van der Waals surface area contributed by atoms with Gasteiger partial charge in [0, 0.05) is 18.6 Å². The zero-order valence-electron chi connectivity index (χ0n) is 16.4. The quantitative estimate of drug-likeness (QED) is 0.469. The highest BCUT2D eigenvalue weighted by Crippen LogP contribution is 2.21. The van der Waals surface area contributed by atoms with Crippen LogP contribution in [0.3, 0.4) is 0 Å². The van der Waals surface area contributed by atoms with Crippen LogP contribution in [-0.4, -0.2) is 21.0 Å². The van der Waals surface area contributed by atoms with Crippen molar-refractivity contribution in [3.8, 4) is 17.4 Å². The van der Waals surface area contributed by atoms with Crippen molar-refractivity contribution in [2.24, 2.45) is 0 Å². The number of hydrogen-bond acceptors (Lipinski definition) is 7. The molecule has 0 atom stereocenters. The third-order valence-electron chi connectivity index (χ3n) is 4.08.